The molecule has 0 aromatic carbocycles. The summed E-state index contributed by atoms with van der Waals surface area (Å²) in [6.07, 6.45) is 2.80. The molecule has 2 heterocycles. The molecule has 2 saturated heterocycles. The number of rotatable bonds is 5. The molecule has 1 unspecified atom stereocenters. The second-order valence-corrected chi connectivity index (χ2v) is 7.06. The van der Waals surface area contributed by atoms with Crippen molar-refractivity contribution in [3.8, 4) is 0 Å². The third-order valence-electron chi connectivity index (χ3n) is 4.42. The minimum Gasteiger partial charge on any atom is -0.373 e. The smallest absolute Gasteiger partial charge is 0.224 e. The summed E-state index contributed by atoms with van der Waals surface area (Å²) >= 11 is 0. The highest BCUT2D eigenvalue weighted by atomic mass is 16.5. The third-order valence-corrected chi connectivity index (χ3v) is 4.42. The van der Waals surface area contributed by atoms with E-state index in [9.17, 15) is 9.59 Å². The van der Waals surface area contributed by atoms with Crippen molar-refractivity contribution in [2.45, 2.75) is 51.2 Å². The first-order valence-electron chi connectivity index (χ1n) is 8.25. The van der Waals surface area contributed by atoms with Crippen molar-refractivity contribution in [3.63, 3.8) is 0 Å². The van der Waals surface area contributed by atoms with E-state index in [4.69, 9.17) is 4.74 Å². The maximum absolute atomic E-state index is 12.2. The Morgan fingerprint density at radius 1 is 1.50 bits per heavy atom. The van der Waals surface area contributed by atoms with Crippen molar-refractivity contribution < 1.29 is 14.3 Å². The maximum Gasteiger partial charge on any atom is 0.224 e. The Hall–Kier alpha value is -1.14. The Morgan fingerprint density at radius 2 is 2.27 bits per heavy atom. The number of hydrogen-bond acceptors (Lipinski definition) is 4. The van der Waals surface area contributed by atoms with Crippen LogP contribution in [0.15, 0.2) is 0 Å². The summed E-state index contributed by atoms with van der Waals surface area (Å²) in [6.45, 7) is 8.35. The van der Waals surface area contributed by atoms with Crippen molar-refractivity contribution in [1.82, 2.24) is 15.1 Å². The molecule has 1 atom stereocenters. The molecule has 2 aliphatic heterocycles. The first-order chi connectivity index (χ1) is 10.4. The molecule has 2 amide bonds. The highest BCUT2D eigenvalue weighted by Gasteiger charge is 2.27. The van der Waals surface area contributed by atoms with Crippen LogP contribution in [0.2, 0.25) is 0 Å². The zero-order chi connectivity index (χ0) is 16.2. The van der Waals surface area contributed by atoms with Crippen LogP contribution in [0.1, 0.15) is 39.5 Å². The van der Waals surface area contributed by atoms with E-state index in [2.05, 4.69) is 24.1 Å². The quantitative estimate of drug-likeness (QED) is 0.808. The Kier molecular flexibility index (Phi) is 5.81. The van der Waals surface area contributed by atoms with Gasteiger partial charge in [0.1, 0.15) is 0 Å². The Balaban J connectivity index is 1.71. The van der Waals surface area contributed by atoms with Gasteiger partial charge in [-0.15, -0.1) is 0 Å². The molecule has 0 saturated carbocycles. The molecule has 0 aliphatic carbocycles. The van der Waals surface area contributed by atoms with Crippen LogP contribution in [0.3, 0.4) is 0 Å². The number of morpholine rings is 1. The summed E-state index contributed by atoms with van der Waals surface area (Å²) < 4.78 is 5.70. The lowest BCUT2D eigenvalue weighted by Gasteiger charge is -2.38. The van der Waals surface area contributed by atoms with Gasteiger partial charge in [0, 0.05) is 52.1 Å². The molecule has 1 N–H and O–H groups in total. The molecule has 0 spiro atoms. The fraction of sp³-hybridized carbons (Fsp3) is 0.875. The summed E-state index contributed by atoms with van der Waals surface area (Å²) in [5.74, 6) is 0.182. The fourth-order valence-electron chi connectivity index (χ4n) is 3.12. The van der Waals surface area contributed by atoms with Gasteiger partial charge in [-0.2, -0.15) is 0 Å². The lowest BCUT2D eigenvalue weighted by Crippen LogP contribution is -2.50. The van der Waals surface area contributed by atoms with Crippen molar-refractivity contribution in [1.29, 1.82) is 0 Å². The van der Waals surface area contributed by atoms with Crippen LogP contribution >= 0.6 is 0 Å². The number of amides is 2. The number of carbonyl (C=O) groups excluding carboxylic acids is 2. The minimum absolute atomic E-state index is 0.0125. The van der Waals surface area contributed by atoms with Crippen LogP contribution < -0.4 is 5.32 Å². The monoisotopic (exact) mass is 311 g/mol. The second-order valence-electron chi connectivity index (χ2n) is 7.06. The first kappa shape index (κ1) is 17.2. The van der Waals surface area contributed by atoms with E-state index in [1.165, 1.54) is 0 Å². The van der Waals surface area contributed by atoms with Crippen molar-refractivity contribution >= 4 is 11.8 Å². The highest BCUT2D eigenvalue weighted by molar-refractivity contribution is 5.80. The van der Waals surface area contributed by atoms with Crippen LogP contribution in [0.25, 0.3) is 0 Å². The molecular weight excluding hydrogens is 282 g/mol. The van der Waals surface area contributed by atoms with Gasteiger partial charge in [-0.25, -0.2) is 0 Å². The van der Waals surface area contributed by atoms with Gasteiger partial charge in [-0.05, 0) is 26.7 Å². The summed E-state index contributed by atoms with van der Waals surface area (Å²) in [6, 6.07) is 0.0125. The molecular formula is C16H29N3O3. The van der Waals surface area contributed by atoms with Gasteiger partial charge in [0.05, 0.1) is 12.2 Å². The number of nitrogens with zero attached hydrogens (tertiary/aromatic N) is 2. The summed E-state index contributed by atoms with van der Waals surface area (Å²) in [5.41, 5.74) is -0.104. The van der Waals surface area contributed by atoms with E-state index >= 15 is 0 Å². The number of nitrogens with one attached hydrogen (secondary N) is 1. The molecule has 6 heteroatoms. The average molecular weight is 311 g/mol. The summed E-state index contributed by atoms with van der Waals surface area (Å²) in [4.78, 5) is 27.7. The number of hydrogen-bond donors (Lipinski definition) is 1. The van der Waals surface area contributed by atoms with Gasteiger partial charge in [0.25, 0.3) is 0 Å². The SMILES string of the molecule is CN(CCN1CCOC(C)(C)C1)C(=O)CC1CCCC(=O)N1. The van der Waals surface area contributed by atoms with Crippen LogP contribution in [-0.2, 0) is 14.3 Å². The van der Waals surface area contributed by atoms with Crippen LogP contribution in [0.5, 0.6) is 0 Å². The number of piperidine rings is 1. The predicted molar refractivity (Wildman–Crippen MR) is 84.5 cm³/mol. The zero-order valence-corrected chi connectivity index (χ0v) is 14.1. The Bertz CT molecular complexity index is 411. The fourth-order valence-corrected chi connectivity index (χ4v) is 3.12. The molecule has 0 aromatic rings. The van der Waals surface area contributed by atoms with Crippen LogP contribution in [0, 0.1) is 0 Å². The van der Waals surface area contributed by atoms with Crippen LogP contribution in [-0.4, -0.2) is 73.1 Å². The van der Waals surface area contributed by atoms with Crippen molar-refractivity contribution in [2.24, 2.45) is 0 Å². The molecule has 126 valence electrons. The molecule has 0 bridgehead atoms. The molecule has 2 fully saturated rings. The Morgan fingerprint density at radius 3 is 2.95 bits per heavy atom. The normalized spacial score (nSPS) is 25.6. The molecule has 22 heavy (non-hydrogen) atoms. The van der Waals surface area contributed by atoms with Gasteiger partial charge in [-0.3, -0.25) is 14.5 Å². The standard InChI is InChI=1S/C16H29N3O3/c1-16(2)12-19(9-10-22-16)8-7-18(3)15(21)11-13-5-4-6-14(20)17-13/h13H,4-12H2,1-3H3,(H,17,20). The van der Waals surface area contributed by atoms with E-state index in [0.717, 1.165) is 45.6 Å². The molecule has 0 radical (unpaired) electrons. The lowest BCUT2D eigenvalue weighted by molar-refractivity contribution is -0.132. The lowest BCUT2D eigenvalue weighted by atomic mass is 10.0. The maximum atomic E-state index is 12.2. The van der Waals surface area contributed by atoms with Gasteiger partial charge in [-0.1, -0.05) is 0 Å². The largest absolute Gasteiger partial charge is 0.373 e. The number of ether oxygens (including phenoxy) is 1. The number of carbonyl (C=O) groups is 2. The highest BCUT2D eigenvalue weighted by Crippen LogP contribution is 2.16. The minimum atomic E-state index is -0.104. The molecule has 2 aliphatic rings. The predicted octanol–water partition coefficient (Wildman–Crippen LogP) is 0.614. The summed E-state index contributed by atoms with van der Waals surface area (Å²) in [7, 11) is 1.85. The molecule has 6 nitrogen and oxygen atoms in total. The zero-order valence-electron chi connectivity index (χ0n) is 14.1. The van der Waals surface area contributed by atoms with E-state index in [1.54, 1.807) is 4.90 Å². The summed E-state index contributed by atoms with van der Waals surface area (Å²) in [5, 5.41) is 2.90. The van der Waals surface area contributed by atoms with Gasteiger partial charge >= 0.3 is 0 Å². The van der Waals surface area contributed by atoms with Crippen molar-refractivity contribution in [2.75, 3.05) is 39.8 Å². The second kappa shape index (κ2) is 7.42. The van der Waals surface area contributed by atoms with Gasteiger partial charge in [0.2, 0.25) is 11.8 Å². The van der Waals surface area contributed by atoms with Crippen LogP contribution in [0.4, 0.5) is 0 Å². The van der Waals surface area contributed by atoms with E-state index in [-0.39, 0.29) is 23.5 Å². The first-order valence-corrected chi connectivity index (χ1v) is 8.25. The third kappa shape index (κ3) is 5.25. The van der Waals surface area contributed by atoms with Crippen molar-refractivity contribution in [3.05, 3.63) is 0 Å². The topological polar surface area (TPSA) is 61.9 Å². The van der Waals surface area contributed by atoms with E-state index in [0.29, 0.717) is 12.8 Å². The molecule has 2 rings (SSSR count). The van der Waals surface area contributed by atoms with E-state index in [1.807, 2.05) is 7.05 Å². The Labute approximate surface area is 133 Å². The van der Waals surface area contributed by atoms with E-state index < -0.39 is 0 Å². The number of likely N-dealkylation sites (N-methyl/N-ethyl adjacent to an activating group) is 1. The average Bonchev–Trinajstić information content (AvgIpc) is 2.43. The molecule has 0 aromatic heterocycles. The van der Waals surface area contributed by atoms with Gasteiger partial charge in [0.15, 0.2) is 0 Å². The van der Waals surface area contributed by atoms with Gasteiger partial charge < -0.3 is 15.0 Å².